The molecule has 8 heteroatoms. The van der Waals surface area contributed by atoms with E-state index < -0.39 is 0 Å². The van der Waals surface area contributed by atoms with Crippen LogP contribution in [0.3, 0.4) is 0 Å². The highest BCUT2D eigenvalue weighted by molar-refractivity contribution is 6.32. The maximum Gasteiger partial charge on any atom is 0.253 e. The molecule has 2 saturated heterocycles. The van der Waals surface area contributed by atoms with Gasteiger partial charge in [-0.3, -0.25) is 9.59 Å². The summed E-state index contributed by atoms with van der Waals surface area (Å²) in [5.41, 5.74) is 2.71. The standard InChI is InChI=1S/C28H37ClN4O3/c1-3-5-11-28(4-2)12-13-33-23(19-28)30-24(25(33)29)20-6-8-21(9-7-20)26(34)31-14-16-32(17-15-31)27(35)22-10-18-36-22/h6-9,22H,3-5,10-19H2,1-2H3. The first kappa shape index (κ1) is 25.3. The van der Waals surface area contributed by atoms with Crippen molar-refractivity contribution in [2.24, 2.45) is 5.41 Å². The first-order valence-corrected chi connectivity index (χ1v) is 13.9. The third-order valence-corrected chi connectivity index (χ3v) is 8.84. The summed E-state index contributed by atoms with van der Waals surface area (Å²) in [4.78, 5) is 34.1. The maximum absolute atomic E-state index is 13.1. The molecule has 1 aromatic carbocycles. The van der Waals surface area contributed by atoms with Gasteiger partial charge in [-0.1, -0.05) is 50.4 Å². The van der Waals surface area contributed by atoms with E-state index in [0.29, 0.717) is 48.9 Å². The number of benzene rings is 1. The second-order valence-electron chi connectivity index (χ2n) is 10.5. The monoisotopic (exact) mass is 512 g/mol. The molecule has 0 radical (unpaired) electrons. The summed E-state index contributed by atoms with van der Waals surface area (Å²) in [6.45, 7) is 8.31. The van der Waals surface area contributed by atoms with Crippen LogP contribution in [0.25, 0.3) is 11.3 Å². The molecule has 5 rings (SSSR count). The van der Waals surface area contributed by atoms with Crippen molar-refractivity contribution in [2.45, 2.75) is 71.4 Å². The number of ether oxygens (including phenoxy) is 1. The molecule has 2 fully saturated rings. The first-order chi connectivity index (χ1) is 17.4. The zero-order chi connectivity index (χ0) is 25.3. The first-order valence-electron chi connectivity index (χ1n) is 13.5. The van der Waals surface area contributed by atoms with Gasteiger partial charge in [-0.15, -0.1) is 0 Å². The van der Waals surface area contributed by atoms with Crippen molar-refractivity contribution < 1.29 is 14.3 Å². The van der Waals surface area contributed by atoms with Gasteiger partial charge in [0.1, 0.15) is 22.8 Å². The third kappa shape index (κ3) is 4.80. The summed E-state index contributed by atoms with van der Waals surface area (Å²) in [5.74, 6) is 1.13. The Morgan fingerprint density at radius 3 is 2.39 bits per heavy atom. The van der Waals surface area contributed by atoms with E-state index in [9.17, 15) is 9.59 Å². The van der Waals surface area contributed by atoms with Gasteiger partial charge in [0.2, 0.25) is 0 Å². The number of piperazine rings is 1. The number of hydrogen-bond donors (Lipinski definition) is 0. The minimum absolute atomic E-state index is 0.00701. The normalized spacial score (nSPS) is 23.8. The van der Waals surface area contributed by atoms with Gasteiger partial charge in [0, 0.05) is 56.7 Å². The maximum atomic E-state index is 13.1. The van der Waals surface area contributed by atoms with E-state index in [2.05, 4.69) is 18.4 Å². The average molecular weight is 513 g/mol. The molecule has 2 aromatic rings. The van der Waals surface area contributed by atoms with Crippen LogP contribution >= 0.6 is 11.6 Å². The van der Waals surface area contributed by atoms with Crippen molar-refractivity contribution in [3.63, 3.8) is 0 Å². The number of carbonyl (C=O) groups excluding carboxylic acids is 2. The largest absolute Gasteiger partial charge is 0.368 e. The Labute approximate surface area is 218 Å². The fourth-order valence-electron chi connectivity index (χ4n) is 5.76. The Bertz CT molecular complexity index is 1100. The van der Waals surface area contributed by atoms with Crippen LogP contribution in [0, 0.1) is 5.41 Å². The topological polar surface area (TPSA) is 67.7 Å². The lowest BCUT2D eigenvalue weighted by Gasteiger charge is -2.38. The lowest BCUT2D eigenvalue weighted by Crippen LogP contribution is -2.54. The van der Waals surface area contributed by atoms with Crippen LogP contribution < -0.4 is 0 Å². The molecular weight excluding hydrogens is 476 g/mol. The molecule has 4 heterocycles. The van der Waals surface area contributed by atoms with Crippen molar-refractivity contribution >= 4 is 23.4 Å². The SMILES string of the molecule is CCCCC1(CC)CCn2c(nc(-c3ccc(C(=O)N4CCN(C(=O)C5CCO5)CC4)cc3)c2Cl)C1. The third-order valence-electron chi connectivity index (χ3n) is 8.45. The summed E-state index contributed by atoms with van der Waals surface area (Å²) in [5, 5.41) is 0.695. The lowest BCUT2D eigenvalue weighted by molar-refractivity contribution is -0.157. The lowest BCUT2D eigenvalue weighted by atomic mass is 9.73. The molecule has 2 amide bonds. The molecular formula is C28H37ClN4O3. The number of carbonyl (C=O) groups is 2. The summed E-state index contributed by atoms with van der Waals surface area (Å²) >= 11 is 6.80. The number of halogens is 1. The Balaban J connectivity index is 1.24. The highest BCUT2D eigenvalue weighted by Gasteiger charge is 2.36. The zero-order valence-electron chi connectivity index (χ0n) is 21.5. The number of nitrogens with zero attached hydrogens (tertiary/aromatic N) is 4. The van der Waals surface area contributed by atoms with E-state index in [-0.39, 0.29) is 17.9 Å². The minimum Gasteiger partial charge on any atom is -0.368 e. The van der Waals surface area contributed by atoms with Gasteiger partial charge in [-0.2, -0.15) is 0 Å². The van der Waals surface area contributed by atoms with Gasteiger partial charge >= 0.3 is 0 Å². The van der Waals surface area contributed by atoms with Crippen LogP contribution in [0.15, 0.2) is 24.3 Å². The number of amides is 2. The summed E-state index contributed by atoms with van der Waals surface area (Å²) in [6, 6.07) is 7.63. The molecule has 194 valence electrons. The highest BCUT2D eigenvalue weighted by atomic mass is 35.5. The number of unbranched alkanes of at least 4 members (excludes halogenated alkanes) is 1. The van der Waals surface area contributed by atoms with Gasteiger partial charge < -0.3 is 19.1 Å². The van der Waals surface area contributed by atoms with E-state index in [1.165, 1.54) is 25.7 Å². The molecule has 3 aliphatic rings. The number of imidazole rings is 1. The molecule has 2 unspecified atom stereocenters. The molecule has 0 N–H and O–H groups in total. The zero-order valence-corrected chi connectivity index (χ0v) is 22.2. The predicted molar refractivity (Wildman–Crippen MR) is 140 cm³/mol. The van der Waals surface area contributed by atoms with Crippen molar-refractivity contribution in [3.05, 3.63) is 40.8 Å². The number of aromatic nitrogens is 2. The van der Waals surface area contributed by atoms with Crippen LogP contribution in [0.5, 0.6) is 0 Å². The highest BCUT2D eigenvalue weighted by Crippen LogP contribution is 2.42. The number of rotatable bonds is 7. The van der Waals surface area contributed by atoms with Crippen LogP contribution in [-0.2, 0) is 22.5 Å². The Kier molecular flexibility index (Phi) is 7.40. The van der Waals surface area contributed by atoms with Crippen LogP contribution in [0.1, 0.15) is 68.6 Å². The number of hydrogen-bond acceptors (Lipinski definition) is 4. The molecule has 3 aliphatic heterocycles. The summed E-state index contributed by atoms with van der Waals surface area (Å²) in [7, 11) is 0. The fourth-order valence-corrected chi connectivity index (χ4v) is 6.09. The molecule has 0 saturated carbocycles. The molecule has 0 bridgehead atoms. The molecule has 0 spiro atoms. The smallest absolute Gasteiger partial charge is 0.253 e. The van der Waals surface area contributed by atoms with Crippen LogP contribution in [0.2, 0.25) is 5.15 Å². The van der Waals surface area contributed by atoms with Gasteiger partial charge in [-0.05, 0) is 36.8 Å². The summed E-state index contributed by atoms with van der Waals surface area (Å²) in [6.07, 6.45) is 7.52. The molecule has 36 heavy (non-hydrogen) atoms. The Morgan fingerprint density at radius 2 is 1.78 bits per heavy atom. The van der Waals surface area contributed by atoms with Gasteiger partial charge in [-0.25, -0.2) is 4.98 Å². The van der Waals surface area contributed by atoms with Crippen LogP contribution in [0.4, 0.5) is 0 Å². The molecule has 2 atom stereocenters. The quantitative estimate of drug-likeness (QED) is 0.534. The van der Waals surface area contributed by atoms with Gasteiger partial charge in [0.15, 0.2) is 0 Å². The summed E-state index contributed by atoms with van der Waals surface area (Å²) < 4.78 is 7.49. The second-order valence-corrected chi connectivity index (χ2v) is 10.9. The van der Waals surface area contributed by atoms with Crippen molar-refractivity contribution in [3.8, 4) is 11.3 Å². The average Bonchev–Trinajstić information content (AvgIpc) is 3.21. The minimum atomic E-state index is -0.282. The van der Waals surface area contributed by atoms with E-state index in [1.54, 1.807) is 0 Å². The van der Waals surface area contributed by atoms with E-state index in [1.807, 2.05) is 34.1 Å². The van der Waals surface area contributed by atoms with Gasteiger partial charge in [0.25, 0.3) is 11.8 Å². The molecule has 0 aliphatic carbocycles. The molecule has 1 aromatic heterocycles. The van der Waals surface area contributed by atoms with E-state index in [0.717, 1.165) is 42.9 Å². The van der Waals surface area contributed by atoms with Gasteiger partial charge in [0.05, 0.1) is 6.61 Å². The number of fused-ring (bicyclic) bond motifs is 1. The van der Waals surface area contributed by atoms with Crippen LogP contribution in [-0.4, -0.2) is 70.1 Å². The second kappa shape index (κ2) is 10.5. The van der Waals surface area contributed by atoms with Crippen molar-refractivity contribution in [1.82, 2.24) is 19.4 Å². The molecule has 7 nitrogen and oxygen atoms in total. The van der Waals surface area contributed by atoms with Crippen molar-refractivity contribution in [1.29, 1.82) is 0 Å². The van der Waals surface area contributed by atoms with E-state index in [4.69, 9.17) is 21.3 Å². The van der Waals surface area contributed by atoms with Crippen molar-refractivity contribution in [2.75, 3.05) is 32.8 Å². The Hall–Kier alpha value is -2.38. The van der Waals surface area contributed by atoms with E-state index >= 15 is 0 Å². The fraction of sp³-hybridized carbons (Fsp3) is 0.607. The Morgan fingerprint density at radius 1 is 1.08 bits per heavy atom. The predicted octanol–water partition coefficient (Wildman–Crippen LogP) is 4.81.